The van der Waals surface area contributed by atoms with Crippen LogP contribution in [0.15, 0.2) is 4.99 Å². The van der Waals surface area contributed by atoms with E-state index in [0.29, 0.717) is 25.1 Å². The van der Waals surface area contributed by atoms with Gasteiger partial charge in [-0.15, -0.1) is 0 Å². The van der Waals surface area contributed by atoms with Gasteiger partial charge in [0.1, 0.15) is 0 Å². The Morgan fingerprint density at radius 1 is 1.24 bits per heavy atom. The molecule has 1 aliphatic rings. The fourth-order valence-corrected chi connectivity index (χ4v) is 3.75. The number of rotatable bonds is 10. The Kier molecular flexibility index (Phi) is 9.90. The number of aryl methyl sites for hydroxylation is 1. The first-order chi connectivity index (χ1) is 14.0. The molecule has 0 bridgehead atoms. The molecule has 1 atom stereocenters. The zero-order valence-corrected chi connectivity index (χ0v) is 19.1. The first kappa shape index (κ1) is 23.6. The van der Waals surface area contributed by atoms with Gasteiger partial charge in [0.25, 0.3) is 0 Å². The Bertz CT molecular complexity index is 637. The van der Waals surface area contributed by atoms with Crippen molar-refractivity contribution in [1.82, 2.24) is 25.3 Å². The molecule has 29 heavy (non-hydrogen) atoms. The summed E-state index contributed by atoms with van der Waals surface area (Å²) in [5.41, 5.74) is 3.38. The van der Waals surface area contributed by atoms with E-state index in [2.05, 4.69) is 55.3 Å². The van der Waals surface area contributed by atoms with Gasteiger partial charge in [0.2, 0.25) is 0 Å². The zero-order chi connectivity index (χ0) is 21.2. The van der Waals surface area contributed by atoms with Crippen molar-refractivity contribution in [3.05, 3.63) is 17.0 Å². The highest BCUT2D eigenvalue weighted by molar-refractivity contribution is 5.79. The first-order valence-electron chi connectivity index (χ1n) is 10.8. The van der Waals surface area contributed by atoms with Crippen molar-refractivity contribution < 1.29 is 9.47 Å². The Morgan fingerprint density at radius 3 is 2.59 bits per heavy atom. The van der Waals surface area contributed by atoms with Crippen molar-refractivity contribution in [2.45, 2.75) is 53.8 Å². The third kappa shape index (κ3) is 6.97. The van der Waals surface area contributed by atoms with Crippen LogP contribution in [0.25, 0.3) is 0 Å². The van der Waals surface area contributed by atoms with E-state index in [9.17, 15) is 0 Å². The third-order valence-corrected chi connectivity index (χ3v) is 5.54. The van der Waals surface area contributed by atoms with Crippen LogP contribution in [-0.4, -0.2) is 79.8 Å². The number of morpholine rings is 1. The van der Waals surface area contributed by atoms with Gasteiger partial charge in [-0.1, -0.05) is 13.8 Å². The molecular formula is C21H40N6O2. The molecule has 0 saturated carbocycles. The van der Waals surface area contributed by atoms with Crippen LogP contribution >= 0.6 is 0 Å². The van der Waals surface area contributed by atoms with E-state index >= 15 is 0 Å². The first-order valence-corrected chi connectivity index (χ1v) is 10.8. The van der Waals surface area contributed by atoms with E-state index in [1.165, 1.54) is 5.56 Å². The third-order valence-electron chi connectivity index (χ3n) is 5.54. The van der Waals surface area contributed by atoms with Gasteiger partial charge in [-0.05, 0) is 26.7 Å². The molecule has 1 aromatic rings. The van der Waals surface area contributed by atoms with Crippen molar-refractivity contribution in [3.8, 4) is 0 Å². The van der Waals surface area contributed by atoms with E-state index < -0.39 is 0 Å². The molecule has 0 amide bonds. The summed E-state index contributed by atoms with van der Waals surface area (Å²) in [6.07, 6.45) is 0. The number of nitrogens with one attached hydrogen (secondary N) is 2. The monoisotopic (exact) mass is 408 g/mol. The smallest absolute Gasteiger partial charge is 0.191 e. The molecule has 8 nitrogen and oxygen atoms in total. The molecule has 1 aliphatic heterocycles. The lowest BCUT2D eigenvalue weighted by atomic mass is 10.0. The molecule has 8 heteroatoms. The van der Waals surface area contributed by atoms with E-state index in [-0.39, 0.29) is 0 Å². The molecule has 2 N–H and O–H groups in total. The van der Waals surface area contributed by atoms with Crippen LogP contribution in [0.3, 0.4) is 0 Å². The average molecular weight is 409 g/mol. The Labute approximate surface area is 176 Å². The second-order valence-electron chi connectivity index (χ2n) is 7.90. The van der Waals surface area contributed by atoms with Gasteiger partial charge in [-0.25, -0.2) is 4.99 Å². The number of methoxy groups -OCH3 is 1. The lowest BCUT2D eigenvalue weighted by Crippen LogP contribution is -2.52. The number of hydrogen-bond acceptors (Lipinski definition) is 5. The predicted molar refractivity (Wildman–Crippen MR) is 117 cm³/mol. The number of hydrogen-bond donors (Lipinski definition) is 2. The average Bonchev–Trinajstić information content (AvgIpc) is 2.98. The Hall–Kier alpha value is -1.64. The molecule has 0 spiro atoms. The van der Waals surface area contributed by atoms with Crippen LogP contribution in [0, 0.1) is 19.8 Å². The molecule has 0 aromatic carbocycles. The maximum atomic E-state index is 5.52. The SMILES string of the molecule is CCNC(=NCc1c(C)nn(CCOC)c1C)NCC(C(C)C)N1CCOCC1. The number of aliphatic imine (C=N–C) groups is 1. The summed E-state index contributed by atoms with van der Waals surface area (Å²) in [6, 6.07) is 0.461. The van der Waals surface area contributed by atoms with Gasteiger partial charge >= 0.3 is 0 Å². The molecule has 166 valence electrons. The van der Waals surface area contributed by atoms with Gasteiger partial charge < -0.3 is 20.1 Å². The summed E-state index contributed by atoms with van der Waals surface area (Å²) < 4.78 is 12.7. The van der Waals surface area contributed by atoms with Crippen LogP contribution in [0.4, 0.5) is 0 Å². The van der Waals surface area contributed by atoms with Crippen molar-refractivity contribution >= 4 is 5.96 Å². The second-order valence-corrected chi connectivity index (χ2v) is 7.90. The Balaban J connectivity index is 2.02. The van der Waals surface area contributed by atoms with Crippen LogP contribution in [0.5, 0.6) is 0 Å². The highest BCUT2D eigenvalue weighted by Crippen LogP contribution is 2.15. The molecule has 0 radical (unpaired) electrons. The maximum absolute atomic E-state index is 5.52. The van der Waals surface area contributed by atoms with Gasteiger partial charge in [0.15, 0.2) is 5.96 Å². The molecule has 1 saturated heterocycles. The minimum absolute atomic E-state index is 0.461. The number of guanidine groups is 1. The van der Waals surface area contributed by atoms with Crippen molar-refractivity contribution in [1.29, 1.82) is 0 Å². The van der Waals surface area contributed by atoms with E-state index in [1.807, 2.05) is 4.68 Å². The van der Waals surface area contributed by atoms with Crippen molar-refractivity contribution in [2.75, 3.05) is 53.1 Å². The number of nitrogens with zero attached hydrogens (tertiary/aromatic N) is 4. The highest BCUT2D eigenvalue weighted by Gasteiger charge is 2.24. The molecule has 2 rings (SSSR count). The minimum atomic E-state index is 0.461. The molecular weight excluding hydrogens is 368 g/mol. The summed E-state index contributed by atoms with van der Waals surface area (Å²) in [5, 5.41) is 11.6. The highest BCUT2D eigenvalue weighted by atomic mass is 16.5. The maximum Gasteiger partial charge on any atom is 0.191 e. The lowest BCUT2D eigenvalue weighted by molar-refractivity contribution is 0.00752. The normalized spacial score (nSPS) is 17.0. The molecule has 1 fully saturated rings. The van der Waals surface area contributed by atoms with Crippen molar-refractivity contribution in [3.63, 3.8) is 0 Å². The number of ether oxygens (including phenoxy) is 2. The topological polar surface area (TPSA) is 75.9 Å². The number of aromatic nitrogens is 2. The Morgan fingerprint density at radius 2 is 1.97 bits per heavy atom. The minimum Gasteiger partial charge on any atom is -0.383 e. The molecule has 2 heterocycles. The standard InChI is InChI=1S/C21H40N6O2/c1-7-22-21(24-15-20(16(2)3)26-8-12-29-13-9-26)23-14-19-17(4)25-27(18(19)5)10-11-28-6/h16,20H,7-15H2,1-6H3,(H2,22,23,24). The largest absolute Gasteiger partial charge is 0.383 e. The van der Waals surface area contributed by atoms with E-state index in [1.54, 1.807) is 7.11 Å². The molecule has 0 aliphatic carbocycles. The van der Waals surface area contributed by atoms with Crippen molar-refractivity contribution in [2.24, 2.45) is 10.9 Å². The van der Waals surface area contributed by atoms with E-state index in [0.717, 1.165) is 63.3 Å². The zero-order valence-electron chi connectivity index (χ0n) is 19.1. The van der Waals surface area contributed by atoms with Gasteiger partial charge in [-0.2, -0.15) is 5.10 Å². The van der Waals surface area contributed by atoms with Gasteiger partial charge in [0, 0.05) is 50.6 Å². The van der Waals surface area contributed by atoms with Gasteiger partial charge in [-0.3, -0.25) is 9.58 Å². The molecule has 1 unspecified atom stereocenters. The van der Waals surface area contributed by atoms with Crippen LogP contribution in [0.2, 0.25) is 0 Å². The second kappa shape index (κ2) is 12.1. The molecule has 1 aromatic heterocycles. The van der Waals surface area contributed by atoms with Gasteiger partial charge in [0.05, 0.1) is 38.6 Å². The van der Waals surface area contributed by atoms with Crippen LogP contribution in [-0.2, 0) is 22.6 Å². The summed E-state index contributed by atoms with van der Waals surface area (Å²) in [5.74, 6) is 1.42. The fourth-order valence-electron chi connectivity index (χ4n) is 3.75. The quantitative estimate of drug-likeness (QED) is 0.452. The summed E-state index contributed by atoms with van der Waals surface area (Å²) in [7, 11) is 1.71. The van der Waals surface area contributed by atoms with Crippen LogP contribution < -0.4 is 10.6 Å². The summed E-state index contributed by atoms with van der Waals surface area (Å²) >= 11 is 0. The van der Waals surface area contributed by atoms with Crippen LogP contribution in [0.1, 0.15) is 37.7 Å². The summed E-state index contributed by atoms with van der Waals surface area (Å²) in [6.45, 7) is 18.2. The summed E-state index contributed by atoms with van der Waals surface area (Å²) in [4.78, 5) is 7.37. The fraction of sp³-hybridized carbons (Fsp3) is 0.810. The van der Waals surface area contributed by atoms with E-state index in [4.69, 9.17) is 14.5 Å². The predicted octanol–water partition coefficient (Wildman–Crippen LogP) is 1.56. The lowest BCUT2D eigenvalue weighted by Gasteiger charge is -2.37.